The van der Waals surface area contributed by atoms with Gasteiger partial charge in [0.2, 0.25) is 0 Å². The zero-order valence-corrected chi connectivity index (χ0v) is 13.5. The fourth-order valence-corrected chi connectivity index (χ4v) is 3.02. The molecule has 0 bridgehead atoms. The molecule has 4 N–H and O–H groups in total. The zero-order valence-electron chi connectivity index (χ0n) is 13.5. The summed E-state index contributed by atoms with van der Waals surface area (Å²) in [6.45, 7) is 3.43. The molecule has 134 valence electrons. The predicted octanol–water partition coefficient (Wildman–Crippen LogP) is 0.351. The Bertz CT molecular complexity index is 588. The first-order valence-electron chi connectivity index (χ1n) is 8.12. The molecule has 9 heteroatoms. The molecule has 2 saturated heterocycles. The summed E-state index contributed by atoms with van der Waals surface area (Å²) in [7, 11) is 0. The maximum absolute atomic E-state index is 12.2. The highest BCUT2D eigenvalue weighted by atomic mass is 16.6. The van der Waals surface area contributed by atoms with Crippen LogP contribution < -0.4 is 15.8 Å². The number of aliphatic hydroxyl groups is 1. The minimum Gasteiger partial charge on any atom is -0.450 e. The van der Waals surface area contributed by atoms with E-state index in [0.29, 0.717) is 0 Å². The Labute approximate surface area is 139 Å². The second-order valence-electron chi connectivity index (χ2n) is 6.00. The summed E-state index contributed by atoms with van der Waals surface area (Å²) < 4.78 is 1.61. The number of aromatic nitrogens is 2. The van der Waals surface area contributed by atoms with Crippen LogP contribution in [-0.2, 0) is 0 Å². The van der Waals surface area contributed by atoms with Crippen molar-refractivity contribution >= 4 is 11.8 Å². The molecule has 1 atom stereocenters. The first kappa shape index (κ1) is 18.2. The van der Waals surface area contributed by atoms with Gasteiger partial charge in [-0.1, -0.05) is 0 Å². The lowest BCUT2D eigenvalue weighted by Crippen LogP contribution is -2.39. The van der Waals surface area contributed by atoms with E-state index in [-0.39, 0.29) is 17.7 Å². The van der Waals surface area contributed by atoms with Crippen LogP contribution in [0.2, 0.25) is 0 Å². The van der Waals surface area contributed by atoms with E-state index < -0.39 is 6.16 Å². The van der Waals surface area contributed by atoms with Crippen molar-refractivity contribution < 1.29 is 20.1 Å². The monoisotopic (exact) mass is 340 g/mol. The van der Waals surface area contributed by atoms with E-state index in [1.807, 2.05) is 0 Å². The Kier molecular flexibility index (Phi) is 6.56. The van der Waals surface area contributed by atoms with Crippen LogP contribution in [-0.4, -0.2) is 63.5 Å². The van der Waals surface area contributed by atoms with Crippen LogP contribution in [0, 0.1) is 0 Å². The Balaban J connectivity index is 0.000000471. The molecule has 0 amide bonds. The van der Waals surface area contributed by atoms with E-state index in [2.05, 4.69) is 15.3 Å². The van der Waals surface area contributed by atoms with Gasteiger partial charge in [-0.2, -0.15) is 5.10 Å². The Morgan fingerprint density at radius 2 is 1.92 bits per heavy atom. The molecule has 3 heterocycles. The third-order valence-corrected chi connectivity index (χ3v) is 4.26. The lowest BCUT2D eigenvalue weighted by atomic mass is 10.1. The number of nitrogens with one attached hydrogen (secondary N) is 1. The maximum atomic E-state index is 12.2. The van der Waals surface area contributed by atoms with Crippen LogP contribution in [0.3, 0.4) is 0 Å². The molecule has 0 radical (unpaired) electrons. The van der Waals surface area contributed by atoms with Crippen LogP contribution in [0.15, 0.2) is 17.1 Å². The van der Waals surface area contributed by atoms with E-state index in [1.54, 1.807) is 16.9 Å². The van der Waals surface area contributed by atoms with Crippen molar-refractivity contribution in [2.24, 2.45) is 0 Å². The molecular formula is C15H24N4O5. The number of piperidine rings is 2. The third kappa shape index (κ3) is 5.20. The summed E-state index contributed by atoms with van der Waals surface area (Å²) in [4.78, 5) is 22.9. The summed E-state index contributed by atoms with van der Waals surface area (Å²) in [5.41, 5.74) is 0.851. The molecule has 0 aromatic carbocycles. The van der Waals surface area contributed by atoms with Gasteiger partial charge in [0, 0.05) is 25.7 Å². The van der Waals surface area contributed by atoms with Gasteiger partial charge in [0.15, 0.2) is 0 Å². The van der Waals surface area contributed by atoms with E-state index >= 15 is 0 Å². The highest BCUT2D eigenvalue weighted by Gasteiger charge is 2.20. The lowest BCUT2D eigenvalue weighted by molar-refractivity contribution is 0.136. The number of aliphatic hydroxyl groups excluding tert-OH is 1. The fraction of sp³-hybridized carbons (Fsp3) is 0.667. The zero-order chi connectivity index (χ0) is 17.5. The SMILES string of the molecule is O=C(O)O.O=c1cc(N2CCC(O)CC2)cnn1C1CCCNC1. The third-order valence-electron chi connectivity index (χ3n) is 4.26. The average Bonchev–Trinajstić information content (AvgIpc) is 2.56. The molecule has 0 saturated carbocycles. The summed E-state index contributed by atoms with van der Waals surface area (Å²) in [5.74, 6) is 0. The quantitative estimate of drug-likeness (QED) is 0.607. The van der Waals surface area contributed by atoms with Crippen molar-refractivity contribution in [3.8, 4) is 0 Å². The van der Waals surface area contributed by atoms with Crippen LogP contribution in [0.4, 0.5) is 10.5 Å². The normalized spacial score (nSPS) is 21.7. The van der Waals surface area contributed by atoms with Crippen LogP contribution in [0.1, 0.15) is 31.7 Å². The summed E-state index contributed by atoms with van der Waals surface area (Å²) in [6, 6.07) is 1.85. The molecule has 9 nitrogen and oxygen atoms in total. The molecule has 2 aliphatic rings. The molecule has 2 fully saturated rings. The number of nitrogens with zero attached hydrogens (tertiary/aromatic N) is 3. The van der Waals surface area contributed by atoms with Gasteiger partial charge in [-0.05, 0) is 32.2 Å². The molecule has 0 spiro atoms. The smallest absolute Gasteiger partial charge is 0.450 e. The second kappa shape index (κ2) is 8.65. The molecule has 1 unspecified atom stereocenters. The molecule has 24 heavy (non-hydrogen) atoms. The minimum absolute atomic E-state index is 0.0256. The fourth-order valence-electron chi connectivity index (χ4n) is 3.02. The van der Waals surface area contributed by atoms with Crippen molar-refractivity contribution in [3.63, 3.8) is 0 Å². The highest BCUT2D eigenvalue weighted by molar-refractivity contribution is 5.53. The van der Waals surface area contributed by atoms with Gasteiger partial charge in [0.25, 0.3) is 5.56 Å². The van der Waals surface area contributed by atoms with E-state index in [9.17, 15) is 9.90 Å². The first-order valence-corrected chi connectivity index (χ1v) is 8.12. The maximum Gasteiger partial charge on any atom is 0.503 e. The van der Waals surface area contributed by atoms with Gasteiger partial charge in [-0.3, -0.25) is 4.79 Å². The van der Waals surface area contributed by atoms with Gasteiger partial charge in [0.1, 0.15) is 0 Å². The van der Waals surface area contributed by atoms with Crippen LogP contribution in [0.25, 0.3) is 0 Å². The van der Waals surface area contributed by atoms with Crippen molar-refractivity contribution in [2.75, 3.05) is 31.1 Å². The average molecular weight is 340 g/mol. The molecule has 3 rings (SSSR count). The number of hydrogen-bond donors (Lipinski definition) is 4. The predicted molar refractivity (Wildman–Crippen MR) is 87.7 cm³/mol. The van der Waals surface area contributed by atoms with Crippen molar-refractivity contribution in [1.82, 2.24) is 15.1 Å². The number of rotatable bonds is 2. The number of carboxylic acid groups (broad SMARTS) is 2. The van der Waals surface area contributed by atoms with Crippen molar-refractivity contribution in [1.29, 1.82) is 0 Å². The number of anilines is 1. The van der Waals surface area contributed by atoms with Gasteiger partial charge >= 0.3 is 6.16 Å². The van der Waals surface area contributed by atoms with Crippen molar-refractivity contribution in [3.05, 3.63) is 22.6 Å². The summed E-state index contributed by atoms with van der Waals surface area (Å²) >= 11 is 0. The van der Waals surface area contributed by atoms with Gasteiger partial charge in [0.05, 0.1) is 24.0 Å². The largest absolute Gasteiger partial charge is 0.503 e. The van der Waals surface area contributed by atoms with E-state index in [1.165, 1.54) is 0 Å². The molecule has 1 aromatic rings. The number of hydrogen-bond acceptors (Lipinski definition) is 6. The molecular weight excluding hydrogens is 316 g/mol. The van der Waals surface area contributed by atoms with Crippen molar-refractivity contribution in [2.45, 2.75) is 37.8 Å². The van der Waals surface area contributed by atoms with E-state index in [4.69, 9.17) is 15.0 Å². The summed E-state index contributed by atoms with van der Waals surface area (Å²) in [6.07, 6.45) is 3.37. The Morgan fingerprint density at radius 1 is 1.25 bits per heavy atom. The second-order valence-corrected chi connectivity index (χ2v) is 6.00. The Hall–Kier alpha value is -2.13. The van der Waals surface area contributed by atoms with E-state index in [0.717, 1.165) is 57.5 Å². The van der Waals surface area contributed by atoms with Crippen LogP contribution >= 0.6 is 0 Å². The molecule has 2 aliphatic heterocycles. The highest BCUT2D eigenvalue weighted by Crippen LogP contribution is 2.19. The summed E-state index contributed by atoms with van der Waals surface area (Å²) in [5, 5.41) is 31.1. The van der Waals surface area contributed by atoms with Crippen LogP contribution in [0.5, 0.6) is 0 Å². The molecule has 0 aliphatic carbocycles. The lowest BCUT2D eigenvalue weighted by Gasteiger charge is -2.31. The Morgan fingerprint density at radius 3 is 2.46 bits per heavy atom. The van der Waals surface area contributed by atoms with Gasteiger partial charge in [-0.25, -0.2) is 9.48 Å². The minimum atomic E-state index is -1.83. The standard InChI is InChI=1S/C14H22N4O2.CH2O3/c19-13-3-6-17(7-4-13)12-8-14(20)18(16-10-12)11-2-1-5-15-9-11;2-1(3)4/h8,10-11,13,15,19H,1-7,9H2;(H2,2,3,4). The van der Waals surface area contributed by atoms with Gasteiger partial charge < -0.3 is 25.5 Å². The van der Waals surface area contributed by atoms with Gasteiger partial charge in [-0.15, -0.1) is 0 Å². The topological polar surface area (TPSA) is 128 Å². The number of carbonyl (C=O) groups is 1. The molecule has 1 aromatic heterocycles. The first-order chi connectivity index (χ1) is 11.5.